The van der Waals surface area contributed by atoms with Gasteiger partial charge in [0.25, 0.3) is 0 Å². The van der Waals surface area contributed by atoms with Gasteiger partial charge in [-0.3, -0.25) is 0 Å². The van der Waals surface area contributed by atoms with Crippen LogP contribution in [0, 0.1) is 5.92 Å². The minimum atomic E-state index is 0.597. The molecule has 0 aromatic carbocycles. The zero-order valence-electron chi connectivity index (χ0n) is 6.02. The fraction of sp³-hybridized carbons (Fsp3) is 0.500. The molecule has 0 saturated carbocycles. The molecule has 1 N–H and O–H groups in total. The first-order valence-electron chi connectivity index (χ1n) is 3.36. The van der Waals surface area contributed by atoms with Crippen LogP contribution in [0.3, 0.4) is 0 Å². The number of nitrogens with one attached hydrogen (secondary N) is 1. The van der Waals surface area contributed by atoms with Gasteiger partial charge in [0.05, 0.1) is 0 Å². The standard InChI is InChI=1S/C8H13N/c1-7-3-4-9-6-8(2)5-7/h3-5,7,9H,6H2,1-2H3/t7-/m0/s1. The molecule has 1 heteroatoms. The third-order valence-corrected chi connectivity index (χ3v) is 1.45. The highest BCUT2D eigenvalue weighted by Crippen LogP contribution is 2.05. The normalized spacial score (nSPS) is 26.4. The third kappa shape index (κ3) is 1.92. The molecule has 1 nitrogen and oxygen atoms in total. The molecule has 1 rings (SSSR count). The van der Waals surface area contributed by atoms with Crippen LogP contribution in [0.5, 0.6) is 0 Å². The second kappa shape index (κ2) is 2.72. The van der Waals surface area contributed by atoms with Crippen LogP contribution in [0.2, 0.25) is 0 Å². The lowest BCUT2D eigenvalue weighted by Gasteiger charge is -1.96. The summed E-state index contributed by atoms with van der Waals surface area (Å²) in [6.07, 6.45) is 6.46. The Morgan fingerprint density at radius 1 is 1.67 bits per heavy atom. The summed E-state index contributed by atoms with van der Waals surface area (Å²) in [6, 6.07) is 0. The first kappa shape index (κ1) is 6.40. The summed E-state index contributed by atoms with van der Waals surface area (Å²) in [6.45, 7) is 5.34. The van der Waals surface area contributed by atoms with Crippen LogP contribution >= 0.6 is 0 Å². The molecule has 0 amide bonds. The van der Waals surface area contributed by atoms with E-state index in [9.17, 15) is 0 Å². The molecular weight excluding hydrogens is 110 g/mol. The third-order valence-electron chi connectivity index (χ3n) is 1.45. The van der Waals surface area contributed by atoms with Crippen molar-refractivity contribution < 1.29 is 0 Å². The van der Waals surface area contributed by atoms with Gasteiger partial charge < -0.3 is 5.32 Å². The molecule has 0 aromatic heterocycles. The van der Waals surface area contributed by atoms with Crippen molar-refractivity contribution >= 4 is 0 Å². The van der Waals surface area contributed by atoms with Crippen LogP contribution < -0.4 is 5.32 Å². The minimum absolute atomic E-state index is 0.597. The average Bonchev–Trinajstić information content (AvgIpc) is 1.93. The van der Waals surface area contributed by atoms with Gasteiger partial charge in [-0.2, -0.15) is 0 Å². The molecular formula is C8H13N. The molecule has 0 saturated heterocycles. The Morgan fingerprint density at radius 3 is 3.22 bits per heavy atom. The lowest BCUT2D eigenvalue weighted by molar-refractivity contribution is 0.929. The molecule has 1 atom stereocenters. The van der Waals surface area contributed by atoms with Gasteiger partial charge in [0.2, 0.25) is 0 Å². The maximum atomic E-state index is 3.18. The Bertz CT molecular complexity index is 145. The van der Waals surface area contributed by atoms with Gasteiger partial charge in [0, 0.05) is 6.54 Å². The van der Waals surface area contributed by atoms with E-state index in [2.05, 4.69) is 31.3 Å². The number of hydrogen-bond donors (Lipinski definition) is 1. The number of rotatable bonds is 0. The highest BCUT2D eigenvalue weighted by Gasteiger charge is 1.96. The van der Waals surface area contributed by atoms with Crippen LogP contribution in [0.4, 0.5) is 0 Å². The molecule has 0 radical (unpaired) electrons. The van der Waals surface area contributed by atoms with Crippen LogP contribution in [-0.4, -0.2) is 6.54 Å². The quantitative estimate of drug-likeness (QED) is 0.483. The molecule has 9 heavy (non-hydrogen) atoms. The molecule has 0 unspecified atom stereocenters. The molecule has 0 bridgehead atoms. The lowest BCUT2D eigenvalue weighted by atomic mass is 10.1. The van der Waals surface area contributed by atoms with Crippen molar-refractivity contribution in [2.24, 2.45) is 5.92 Å². The van der Waals surface area contributed by atoms with Crippen molar-refractivity contribution in [3.63, 3.8) is 0 Å². The van der Waals surface area contributed by atoms with Crippen molar-refractivity contribution in [1.29, 1.82) is 0 Å². The summed E-state index contributed by atoms with van der Waals surface area (Å²) in [4.78, 5) is 0. The van der Waals surface area contributed by atoms with E-state index in [0.717, 1.165) is 6.54 Å². The van der Waals surface area contributed by atoms with Crippen molar-refractivity contribution in [3.05, 3.63) is 23.9 Å². The molecule has 1 aliphatic heterocycles. The van der Waals surface area contributed by atoms with Gasteiger partial charge in [0.15, 0.2) is 0 Å². The topological polar surface area (TPSA) is 12.0 Å². The van der Waals surface area contributed by atoms with Gasteiger partial charge in [-0.15, -0.1) is 0 Å². The molecule has 0 spiro atoms. The number of allylic oxidation sites excluding steroid dienone is 2. The minimum Gasteiger partial charge on any atom is -0.387 e. The highest BCUT2D eigenvalue weighted by molar-refractivity contribution is 5.11. The van der Waals surface area contributed by atoms with E-state index in [1.807, 2.05) is 6.20 Å². The monoisotopic (exact) mass is 123 g/mol. The van der Waals surface area contributed by atoms with Crippen molar-refractivity contribution in [1.82, 2.24) is 5.32 Å². The van der Waals surface area contributed by atoms with E-state index in [0.29, 0.717) is 5.92 Å². The zero-order chi connectivity index (χ0) is 6.69. The maximum absolute atomic E-state index is 3.18. The fourth-order valence-electron chi connectivity index (χ4n) is 1.00. The molecule has 1 heterocycles. The van der Waals surface area contributed by atoms with Crippen LogP contribution in [0.25, 0.3) is 0 Å². The highest BCUT2D eigenvalue weighted by atomic mass is 14.8. The summed E-state index contributed by atoms with van der Waals surface area (Å²) in [5.74, 6) is 0.597. The second-order valence-corrected chi connectivity index (χ2v) is 2.61. The van der Waals surface area contributed by atoms with Crippen LogP contribution in [-0.2, 0) is 0 Å². The van der Waals surface area contributed by atoms with Gasteiger partial charge in [-0.25, -0.2) is 0 Å². The van der Waals surface area contributed by atoms with E-state index < -0.39 is 0 Å². The first-order chi connectivity index (χ1) is 4.29. The van der Waals surface area contributed by atoms with E-state index in [4.69, 9.17) is 0 Å². The number of hydrogen-bond acceptors (Lipinski definition) is 1. The Labute approximate surface area is 56.5 Å². The SMILES string of the molecule is CC1=C[C@@H](C)C=CNC1. The summed E-state index contributed by atoms with van der Waals surface area (Å²) < 4.78 is 0. The largest absolute Gasteiger partial charge is 0.387 e. The van der Waals surface area contributed by atoms with Gasteiger partial charge in [-0.1, -0.05) is 24.6 Å². The second-order valence-electron chi connectivity index (χ2n) is 2.61. The van der Waals surface area contributed by atoms with E-state index in [-0.39, 0.29) is 0 Å². The van der Waals surface area contributed by atoms with Crippen molar-refractivity contribution in [3.8, 4) is 0 Å². The maximum Gasteiger partial charge on any atom is 0.0352 e. The van der Waals surface area contributed by atoms with Crippen molar-refractivity contribution in [2.45, 2.75) is 13.8 Å². The van der Waals surface area contributed by atoms with Gasteiger partial charge in [0.1, 0.15) is 0 Å². The predicted octanol–water partition coefficient (Wildman–Crippen LogP) is 1.69. The first-order valence-corrected chi connectivity index (χ1v) is 3.36. The molecule has 50 valence electrons. The van der Waals surface area contributed by atoms with Gasteiger partial charge >= 0.3 is 0 Å². The Morgan fingerprint density at radius 2 is 2.44 bits per heavy atom. The smallest absolute Gasteiger partial charge is 0.0352 e. The lowest BCUT2D eigenvalue weighted by Crippen LogP contribution is -2.05. The molecule has 0 aromatic rings. The van der Waals surface area contributed by atoms with Crippen molar-refractivity contribution in [2.75, 3.05) is 6.54 Å². The van der Waals surface area contributed by atoms with E-state index in [1.54, 1.807) is 0 Å². The predicted molar refractivity (Wildman–Crippen MR) is 40.1 cm³/mol. The summed E-state index contributed by atoms with van der Waals surface area (Å²) >= 11 is 0. The Hall–Kier alpha value is -0.720. The summed E-state index contributed by atoms with van der Waals surface area (Å²) in [7, 11) is 0. The van der Waals surface area contributed by atoms with Gasteiger partial charge in [-0.05, 0) is 19.0 Å². The zero-order valence-corrected chi connectivity index (χ0v) is 6.02. The molecule has 0 aliphatic carbocycles. The van der Waals surface area contributed by atoms with E-state index >= 15 is 0 Å². The summed E-state index contributed by atoms with van der Waals surface area (Å²) in [5.41, 5.74) is 1.42. The van der Waals surface area contributed by atoms with E-state index in [1.165, 1.54) is 5.57 Å². The van der Waals surface area contributed by atoms with Crippen LogP contribution in [0.15, 0.2) is 23.9 Å². The Kier molecular flexibility index (Phi) is 1.93. The fourth-order valence-corrected chi connectivity index (χ4v) is 1.00. The molecule has 1 aliphatic rings. The average molecular weight is 123 g/mol. The Balaban J connectivity index is 2.62. The molecule has 0 fully saturated rings. The summed E-state index contributed by atoms with van der Waals surface area (Å²) in [5, 5.41) is 3.18. The van der Waals surface area contributed by atoms with Crippen LogP contribution in [0.1, 0.15) is 13.8 Å².